The summed E-state index contributed by atoms with van der Waals surface area (Å²) in [5.74, 6) is -0.516. The quantitative estimate of drug-likeness (QED) is 0.102. The Morgan fingerprint density at radius 3 is 2.00 bits per heavy atom. The zero-order chi connectivity index (χ0) is 22.5. The minimum atomic E-state index is -4.57. The molecule has 0 unspecified atom stereocenters. The van der Waals surface area contributed by atoms with Crippen LogP contribution in [0.4, 0.5) is 0 Å². The van der Waals surface area contributed by atoms with Crippen LogP contribution in [0.15, 0.2) is 22.1 Å². The number of unbranched alkanes of at least 4 members (excludes halogenated alkanes) is 11. The standard InChI is InChI=1S/C21H41N2O6P/c1-2-3-4-5-6-7-8-9-10-11-12-13-14-15-16-17-20(24)23-21(25)22-18-19-29-30(26,27)28/h9-10H,2-8,11-19H2,1H3,(H2,26,27,28)(H2,22,23,24,25)/p-2/b10-9-. The molecule has 0 fully saturated rings. The first-order chi connectivity index (χ1) is 14.3. The maximum Gasteiger partial charge on any atom is 0.469 e. The van der Waals surface area contributed by atoms with Crippen molar-refractivity contribution < 1.29 is 29.1 Å². The summed E-state index contributed by atoms with van der Waals surface area (Å²) in [5, 5.41) is 22.9. The number of rotatable bonds is 19. The molecule has 0 radical (unpaired) electrons. The fourth-order valence-corrected chi connectivity index (χ4v) is 3.17. The molecule has 0 bridgehead atoms. The van der Waals surface area contributed by atoms with Gasteiger partial charge in [-0.1, -0.05) is 70.4 Å². The zero-order valence-corrected chi connectivity index (χ0v) is 19.2. The maximum absolute atomic E-state index is 11.6. The van der Waals surface area contributed by atoms with Gasteiger partial charge in [0.1, 0.15) is 0 Å². The Morgan fingerprint density at radius 2 is 1.43 bits per heavy atom. The van der Waals surface area contributed by atoms with Gasteiger partial charge in [0.15, 0.2) is 0 Å². The van der Waals surface area contributed by atoms with E-state index in [2.05, 4.69) is 33.6 Å². The number of phosphoric ester groups is 1. The highest BCUT2D eigenvalue weighted by atomic mass is 31.2. The summed E-state index contributed by atoms with van der Waals surface area (Å²) in [6.45, 7) is 1.57. The fourth-order valence-electron chi connectivity index (χ4n) is 2.85. The molecule has 0 aliphatic carbocycles. The van der Waals surface area contributed by atoms with Gasteiger partial charge in [-0.2, -0.15) is 0 Å². The van der Waals surface area contributed by atoms with Crippen LogP contribution in [0.3, 0.4) is 0 Å². The Balaban J connectivity index is 3.57. The van der Waals surface area contributed by atoms with Crippen molar-refractivity contribution in [1.29, 1.82) is 0 Å². The SMILES string of the molecule is CCCCCCCC/C=C\CCCCCCCC([O-])=NC([O-])=NCCOP(=O)(O)O. The van der Waals surface area contributed by atoms with E-state index in [0.29, 0.717) is 6.42 Å². The van der Waals surface area contributed by atoms with Gasteiger partial charge in [0, 0.05) is 0 Å². The molecule has 0 saturated heterocycles. The minimum absolute atomic E-state index is 0.207. The van der Waals surface area contributed by atoms with Crippen LogP contribution in [-0.4, -0.2) is 34.9 Å². The third-order valence-electron chi connectivity index (χ3n) is 4.47. The largest absolute Gasteiger partial charge is 0.862 e. The smallest absolute Gasteiger partial charge is 0.469 e. The van der Waals surface area contributed by atoms with E-state index in [1.54, 1.807) is 0 Å². The second kappa shape index (κ2) is 19.7. The Morgan fingerprint density at radius 1 is 0.900 bits per heavy atom. The van der Waals surface area contributed by atoms with Crippen LogP contribution in [0.1, 0.15) is 96.8 Å². The van der Waals surface area contributed by atoms with Gasteiger partial charge in [0.05, 0.1) is 19.2 Å². The van der Waals surface area contributed by atoms with Crippen molar-refractivity contribution in [2.24, 2.45) is 9.98 Å². The molecule has 2 N–H and O–H groups in total. The molecule has 30 heavy (non-hydrogen) atoms. The van der Waals surface area contributed by atoms with E-state index in [-0.39, 0.29) is 13.0 Å². The first-order valence-corrected chi connectivity index (χ1v) is 12.7. The van der Waals surface area contributed by atoms with Gasteiger partial charge in [-0.3, -0.25) is 14.5 Å². The molecule has 0 atom stereocenters. The predicted molar refractivity (Wildman–Crippen MR) is 117 cm³/mol. The Hall–Kier alpha value is -1.21. The summed E-state index contributed by atoms with van der Waals surface area (Å²) in [5.41, 5.74) is 0. The van der Waals surface area contributed by atoms with Gasteiger partial charge < -0.3 is 20.0 Å². The number of nitrogens with zero attached hydrogens (tertiary/aromatic N) is 2. The summed E-state index contributed by atoms with van der Waals surface area (Å²) in [6.07, 6.45) is 20.0. The highest BCUT2D eigenvalue weighted by Crippen LogP contribution is 2.35. The van der Waals surface area contributed by atoms with Gasteiger partial charge in [-0.25, -0.2) is 4.57 Å². The third kappa shape index (κ3) is 23.1. The monoisotopic (exact) mass is 446 g/mol. The predicted octanol–water partition coefficient (Wildman–Crippen LogP) is 3.61. The first-order valence-electron chi connectivity index (χ1n) is 11.2. The van der Waals surface area contributed by atoms with Crippen molar-refractivity contribution in [2.75, 3.05) is 13.2 Å². The molecule has 0 rings (SSSR count). The number of hydrogen-bond acceptors (Lipinski definition) is 5. The average molecular weight is 447 g/mol. The van der Waals surface area contributed by atoms with Gasteiger partial charge in [-0.05, 0) is 44.4 Å². The average Bonchev–Trinajstić information content (AvgIpc) is 2.67. The van der Waals surface area contributed by atoms with Crippen molar-refractivity contribution in [3.05, 3.63) is 12.2 Å². The summed E-state index contributed by atoms with van der Waals surface area (Å²) in [4.78, 5) is 23.6. The molecule has 0 aromatic rings. The Bertz CT molecular complexity index is 546. The van der Waals surface area contributed by atoms with E-state index in [9.17, 15) is 14.8 Å². The van der Waals surface area contributed by atoms with Crippen molar-refractivity contribution in [1.82, 2.24) is 0 Å². The van der Waals surface area contributed by atoms with E-state index in [1.807, 2.05) is 0 Å². The van der Waals surface area contributed by atoms with Gasteiger partial charge in [0.25, 0.3) is 0 Å². The molecule has 0 heterocycles. The van der Waals surface area contributed by atoms with Crippen LogP contribution >= 0.6 is 7.82 Å². The van der Waals surface area contributed by atoms with Crippen LogP contribution in [0.25, 0.3) is 0 Å². The van der Waals surface area contributed by atoms with Gasteiger partial charge in [0.2, 0.25) is 0 Å². The van der Waals surface area contributed by atoms with Crippen molar-refractivity contribution in [2.45, 2.75) is 96.8 Å². The Labute approximate surface area is 181 Å². The topological polar surface area (TPSA) is 138 Å². The maximum atomic E-state index is 11.6. The second-order valence-corrected chi connectivity index (χ2v) is 8.57. The van der Waals surface area contributed by atoms with Crippen molar-refractivity contribution in [3.8, 4) is 0 Å². The van der Waals surface area contributed by atoms with Gasteiger partial charge >= 0.3 is 7.82 Å². The van der Waals surface area contributed by atoms with E-state index in [0.717, 1.165) is 32.1 Å². The van der Waals surface area contributed by atoms with E-state index >= 15 is 0 Å². The van der Waals surface area contributed by atoms with Crippen LogP contribution < -0.4 is 10.2 Å². The first kappa shape index (κ1) is 28.8. The van der Waals surface area contributed by atoms with Crippen molar-refractivity contribution in [3.63, 3.8) is 0 Å². The summed E-state index contributed by atoms with van der Waals surface area (Å²) >= 11 is 0. The third-order valence-corrected chi connectivity index (χ3v) is 4.99. The van der Waals surface area contributed by atoms with Crippen LogP contribution in [0.2, 0.25) is 0 Å². The van der Waals surface area contributed by atoms with E-state index in [1.165, 1.54) is 44.9 Å². The second-order valence-electron chi connectivity index (χ2n) is 7.33. The lowest BCUT2D eigenvalue weighted by Crippen LogP contribution is -2.24. The highest BCUT2D eigenvalue weighted by molar-refractivity contribution is 7.46. The molecule has 0 aromatic carbocycles. The molecule has 0 aromatic heterocycles. The van der Waals surface area contributed by atoms with Crippen molar-refractivity contribution >= 4 is 19.7 Å². The fraction of sp³-hybridized carbons (Fsp3) is 0.810. The normalized spacial score (nSPS) is 13.4. The molecule has 0 spiro atoms. The minimum Gasteiger partial charge on any atom is -0.862 e. The number of aliphatic imine (C=N–C) groups is 2. The highest BCUT2D eigenvalue weighted by Gasteiger charge is 2.11. The lowest BCUT2D eigenvalue weighted by molar-refractivity contribution is -0.228. The molecule has 8 nitrogen and oxygen atoms in total. The molecular formula is C21H39N2O6P-2. The molecule has 9 heteroatoms. The number of phosphoric acid groups is 1. The molecular weight excluding hydrogens is 407 g/mol. The number of hydrogen-bond donors (Lipinski definition) is 2. The van der Waals surface area contributed by atoms with E-state index < -0.39 is 26.3 Å². The molecule has 0 saturated carbocycles. The lowest BCUT2D eigenvalue weighted by atomic mass is 10.1. The summed E-state index contributed by atoms with van der Waals surface area (Å²) < 4.78 is 14.6. The summed E-state index contributed by atoms with van der Waals surface area (Å²) in [7, 11) is -4.57. The zero-order valence-electron chi connectivity index (χ0n) is 18.3. The number of amidine groups is 1. The van der Waals surface area contributed by atoms with E-state index in [4.69, 9.17) is 9.79 Å². The van der Waals surface area contributed by atoms with Gasteiger partial charge in [-0.15, -0.1) is 0 Å². The van der Waals surface area contributed by atoms with Crippen LogP contribution in [0.5, 0.6) is 0 Å². The summed E-state index contributed by atoms with van der Waals surface area (Å²) in [6, 6.07) is -0.943. The van der Waals surface area contributed by atoms with Crippen LogP contribution in [-0.2, 0) is 9.09 Å². The Kier molecular flexibility index (Phi) is 18.9. The molecule has 176 valence electrons. The lowest BCUT2D eigenvalue weighted by Gasteiger charge is -2.13. The molecule has 0 aliphatic heterocycles. The number of allylic oxidation sites excluding steroid dienone is 2. The van der Waals surface area contributed by atoms with Crippen LogP contribution in [0, 0.1) is 0 Å². The molecule has 0 amide bonds. The molecule has 0 aliphatic rings.